The SMILES string of the molecule is CN=C(NCCS(=O)(=O)NCC1CCC1)NC(C)(C)C.I. The van der Waals surface area contributed by atoms with Gasteiger partial charge in [-0.3, -0.25) is 4.99 Å². The summed E-state index contributed by atoms with van der Waals surface area (Å²) in [4.78, 5) is 4.07. The minimum Gasteiger partial charge on any atom is -0.355 e. The first-order chi connectivity index (χ1) is 9.22. The monoisotopic (exact) mass is 432 g/mol. The van der Waals surface area contributed by atoms with Gasteiger partial charge < -0.3 is 10.6 Å². The van der Waals surface area contributed by atoms with Crippen molar-refractivity contribution in [1.82, 2.24) is 15.4 Å². The van der Waals surface area contributed by atoms with Crippen molar-refractivity contribution in [2.45, 2.75) is 45.6 Å². The Morgan fingerprint density at radius 3 is 2.33 bits per heavy atom. The van der Waals surface area contributed by atoms with Crippen molar-refractivity contribution in [1.29, 1.82) is 0 Å². The van der Waals surface area contributed by atoms with Gasteiger partial charge in [-0.15, -0.1) is 24.0 Å². The van der Waals surface area contributed by atoms with Crippen LogP contribution in [-0.4, -0.2) is 45.8 Å². The maximum absolute atomic E-state index is 11.8. The first-order valence-corrected chi connectivity index (χ1v) is 8.83. The fraction of sp³-hybridized carbons (Fsp3) is 0.923. The van der Waals surface area contributed by atoms with Gasteiger partial charge in [-0.05, 0) is 39.5 Å². The Labute approximate surface area is 146 Å². The van der Waals surface area contributed by atoms with Crippen LogP contribution in [0.25, 0.3) is 0 Å². The van der Waals surface area contributed by atoms with Gasteiger partial charge in [0.2, 0.25) is 10.0 Å². The largest absolute Gasteiger partial charge is 0.355 e. The second-order valence-corrected chi connectivity index (χ2v) is 8.26. The van der Waals surface area contributed by atoms with E-state index in [4.69, 9.17) is 0 Å². The third-order valence-corrected chi connectivity index (χ3v) is 4.54. The van der Waals surface area contributed by atoms with E-state index >= 15 is 0 Å². The average molecular weight is 432 g/mol. The molecule has 0 radical (unpaired) electrons. The third-order valence-electron chi connectivity index (χ3n) is 3.20. The van der Waals surface area contributed by atoms with Crippen LogP contribution in [0.3, 0.4) is 0 Å². The summed E-state index contributed by atoms with van der Waals surface area (Å²) in [6.07, 6.45) is 3.51. The summed E-state index contributed by atoms with van der Waals surface area (Å²) in [6.45, 7) is 7.00. The van der Waals surface area contributed by atoms with Crippen LogP contribution in [0.4, 0.5) is 0 Å². The molecule has 1 fully saturated rings. The van der Waals surface area contributed by atoms with Crippen molar-refractivity contribution in [3.63, 3.8) is 0 Å². The first-order valence-electron chi connectivity index (χ1n) is 7.18. The molecule has 0 aromatic heterocycles. The fourth-order valence-corrected chi connectivity index (χ4v) is 2.86. The summed E-state index contributed by atoms with van der Waals surface area (Å²) in [5, 5.41) is 6.20. The molecule has 0 aromatic rings. The Kier molecular flexibility index (Phi) is 9.10. The summed E-state index contributed by atoms with van der Waals surface area (Å²) in [5.41, 5.74) is -0.108. The van der Waals surface area contributed by atoms with Crippen molar-refractivity contribution < 1.29 is 8.42 Å². The van der Waals surface area contributed by atoms with E-state index in [1.54, 1.807) is 7.05 Å². The fourth-order valence-electron chi connectivity index (χ4n) is 1.85. The van der Waals surface area contributed by atoms with E-state index in [-0.39, 0.29) is 35.3 Å². The molecule has 0 bridgehead atoms. The number of aliphatic imine (C=N–C) groups is 1. The minimum absolute atomic E-state index is 0. The number of guanidine groups is 1. The Morgan fingerprint density at radius 1 is 1.29 bits per heavy atom. The smallest absolute Gasteiger partial charge is 0.213 e. The highest BCUT2D eigenvalue weighted by Crippen LogP contribution is 2.25. The molecular formula is C13H29IN4O2S. The molecule has 1 rings (SSSR count). The van der Waals surface area contributed by atoms with Gasteiger partial charge in [-0.2, -0.15) is 0 Å². The van der Waals surface area contributed by atoms with Crippen LogP contribution in [0.15, 0.2) is 4.99 Å². The molecule has 21 heavy (non-hydrogen) atoms. The molecule has 0 saturated heterocycles. The summed E-state index contributed by atoms with van der Waals surface area (Å²) in [7, 11) is -1.52. The summed E-state index contributed by atoms with van der Waals surface area (Å²) >= 11 is 0. The van der Waals surface area contributed by atoms with Gasteiger partial charge in [-0.1, -0.05) is 6.42 Å². The highest BCUT2D eigenvalue weighted by molar-refractivity contribution is 14.0. The first kappa shape index (κ1) is 20.9. The zero-order valence-corrected chi connectivity index (χ0v) is 16.5. The molecule has 8 heteroatoms. The number of sulfonamides is 1. The maximum Gasteiger partial charge on any atom is 0.213 e. The summed E-state index contributed by atoms with van der Waals surface area (Å²) in [6, 6.07) is 0. The normalized spacial score (nSPS) is 16.9. The van der Waals surface area contributed by atoms with Gasteiger partial charge >= 0.3 is 0 Å². The van der Waals surface area contributed by atoms with Gasteiger partial charge in [-0.25, -0.2) is 13.1 Å². The van der Waals surface area contributed by atoms with E-state index in [0.29, 0.717) is 25.0 Å². The molecule has 0 heterocycles. The molecule has 3 N–H and O–H groups in total. The highest BCUT2D eigenvalue weighted by Gasteiger charge is 2.20. The van der Waals surface area contributed by atoms with Crippen LogP contribution in [0.2, 0.25) is 0 Å². The highest BCUT2D eigenvalue weighted by atomic mass is 127. The Morgan fingerprint density at radius 2 is 1.90 bits per heavy atom. The van der Waals surface area contributed by atoms with Crippen LogP contribution in [0, 0.1) is 5.92 Å². The van der Waals surface area contributed by atoms with Crippen LogP contribution < -0.4 is 15.4 Å². The standard InChI is InChI=1S/C13H28N4O2S.HI/c1-13(2,3)17-12(14-4)15-8-9-20(18,19)16-10-11-6-5-7-11;/h11,16H,5-10H2,1-4H3,(H2,14,15,17);1H. The maximum atomic E-state index is 11.8. The van der Waals surface area contributed by atoms with Crippen molar-refractivity contribution in [2.24, 2.45) is 10.9 Å². The van der Waals surface area contributed by atoms with Crippen LogP contribution in [-0.2, 0) is 10.0 Å². The number of nitrogens with one attached hydrogen (secondary N) is 3. The molecule has 1 aliphatic carbocycles. The number of hydrogen-bond acceptors (Lipinski definition) is 3. The summed E-state index contributed by atoms with van der Waals surface area (Å²) < 4.78 is 26.3. The van der Waals surface area contributed by atoms with Crippen molar-refractivity contribution in [3.8, 4) is 0 Å². The van der Waals surface area contributed by atoms with Gasteiger partial charge in [0, 0.05) is 25.7 Å². The topological polar surface area (TPSA) is 82.6 Å². The van der Waals surface area contributed by atoms with Gasteiger partial charge in [0.05, 0.1) is 5.75 Å². The van der Waals surface area contributed by atoms with E-state index in [9.17, 15) is 8.42 Å². The molecule has 0 amide bonds. The molecule has 1 saturated carbocycles. The quantitative estimate of drug-likeness (QED) is 0.336. The summed E-state index contributed by atoms with van der Waals surface area (Å²) in [5.74, 6) is 1.21. The Hall–Kier alpha value is -0.0900. The lowest BCUT2D eigenvalue weighted by Crippen LogP contribution is -2.49. The van der Waals surface area contributed by atoms with Gasteiger partial charge in [0.15, 0.2) is 5.96 Å². The number of halogens is 1. The lowest BCUT2D eigenvalue weighted by molar-refractivity contribution is 0.316. The lowest BCUT2D eigenvalue weighted by atomic mass is 9.86. The van der Waals surface area contributed by atoms with Crippen molar-refractivity contribution >= 4 is 40.0 Å². The number of hydrogen-bond donors (Lipinski definition) is 3. The van der Waals surface area contributed by atoms with Crippen LogP contribution in [0.1, 0.15) is 40.0 Å². The Bertz CT molecular complexity index is 428. The molecular weight excluding hydrogens is 403 g/mol. The van der Waals surface area contributed by atoms with Crippen LogP contribution in [0.5, 0.6) is 0 Å². The predicted octanol–water partition coefficient (Wildman–Crippen LogP) is 1.29. The average Bonchev–Trinajstić information content (AvgIpc) is 2.23. The van der Waals surface area contributed by atoms with Gasteiger partial charge in [0.1, 0.15) is 0 Å². The molecule has 6 nitrogen and oxygen atoms in total. The molecule has 0 atom stereocenters. The van der Waals surface area contributed by atoms with E-state index in [2.05, 4.69) is 20.3 Å². The third kappa shape index (κ3) is 9.51. The predicted molar refractivity (Wildman–Crippen MR) is 98.8 cm³/mol. The van der Waals surface area contributed by atoms with E-state index < -0.39 is 10.0 Å². The second kappa shape index (κ2) is 9.14. The zero-order valence-electron chi connectivity index (χ0n) is 13.4. The van der Waals surface area contributed by atoms with Crippen LogP contribution >= 0.6 is 24.0 Å². The molecule has 126 valence electrons. The Balaban J connectivity index is 0.00000400. The molecule has 0 aliphatic heterocycles. The second-order valence-electron chi connectivity index (χ2n) is 6.34. The molecule has 1 aliphatic rings. The van der Waals surface area contributed by atoms with E-state index in [0.717, 1.165) is 12.8 Å². The number of nitrogens with zero attached hydrogens (tertiary/aromatic N) is 1. The van der Waals surface area contributed by atoms with Crippen molar-refractivity contribution in [2.75, 3.05) is 25.9 Å². The van der Waals surface area contributed by atoms with E-state index in [1.165, 1.54) is 6.42 Å². The molecule has 0 unspecified atom stereocenters. The zero-order chi connectivity index (χ0) is 15.2. The lowest BCUT2D eigenvalue weighted by Gasteiger charge is -2.25. The molecule has 0 spiro atoms. The number of rotatable bonds is 6. The molecule has 0 aromatic carbocycles. The van der Waals surface area contributed by atoms with Crippen molar-refractivity contribution in [3.05, 3.63) is 0 Å². The van der Waals surface area contributed by atoms with Gasteiger partial charge in [0.25, 0.3) is 0 Å². The minimum atomic E-state index is -3.20. The van der Waals surface area contributed by atoms with E-state index in [1.807, 2.05) is 20.8 Å².